The van der Waals surface area contributed by atoms with Crippen molar-refractivity contribution in [2.75, 3.05) is 17.7 Å². The van der Waals surface area contributed by atoms with Crippen molar-refractivity contribution in [3.05, 3.63) is 144 Å². The molecule has 5 rings (SSSR count). The third kappa shape index (κ3) is 7.11. The number of ether oxygens (including phenoxy) is 2. The van der Waals surface area contributed by atoms with Crippen LogP contribution in [0.25, 0.3) is 0 Å². The number of hydrogen-bond donors (Lipinski definition) is 2. The van der Waals surface area contributed by atoms with Gasteiger partial charge in [0.05, 0.1) is 0 Å². The normalized spacial score (nSPS) is 11.0. The summed E-state index contributed by atoms with van der Waals surface area (Å²) in [6, 6.07) is 37.9. The minimum absolute atomic E-state index is 0.0835. The lowest BCUT2D eigenvalue weighted by Gasteiger charge is -2.26. The van der Waals surface area contributed by atoms with Gasteiger partial charge in [0.1, 0.15) is 23.0 Å². The number of hydrogen-bond acceptors (Lipinski definition) is 5. The molecule has 1 amide bonds. The van der Waals surface area contributed by atoms with E-state index in [0.717, 1.165) is 22.7 Å². The van der Waals surface area contributed by atoms with Gasteiger partial charge in [-0.25, -0.2) is 0 Å². The van der Waals surface area contributed by atoms with Crippen molar-refractivity contribution < 1.29 is 19.1 Å². The van der Waals surface area contributed by atoms with E-state index in [0.29, 0.717) is 28.3 Å². The lowest BCUT2D eigenvalue weighted by atomic mass is 9.78. The lowest BCUT2D eigenvalue weighted by Crippen LogP contribution is -2.18. The van der Waals surface area contributed by atoms with Crippen LogP contribution in [-0.4, -0.2) is 18.7 Å². The second-order valence-corrected chi connectivity index (χ2v) is 10.8. The van der Waals surface area contributed by atoms with Crippen molar-refractivity contribution in [1.82, 2.24) is 0 Å². The van der Waals surface area contributed by atoms with Crippen molar-refractivity contribution in [3.8, 4) is 23.0 Å². The highest BCUT2D eigenvalue weighted by molar-refractivity contribution is 6.06. The second-order valence-electron chi connectivity index (χ2n) is 10.8. The van der Waals surface area contributed by atoms with E-state index < -0.39 is 0 Å². The molecule has 0 aromatic heterocycles. The molecule has 6 heteroatoms. The zero-order chi connectivity index (χ0) is 30.4. The van der Waals surface area contributed by atoms with E-state index in [1.54, 1.807) is 48.5 Å². The van der Waals surface area contributed by atoms with Crippen LogP contribution in [0.15, 0.2) is 121 Å². The van der Waals surface area contributed by atoms with Gasteiger partial charge in [0, 0.05) is 35.0 Å². The molecule has 0 spiro atoms. The SMILES string of the molecule is CNc1ccc(Oc2ccc(C(C)(C)c3ccc(Oc4ccc(NC(=O)c5cccc(C(C)=O)c5)cc4)cc3)cc2)cc1. The van der Waals surface area contributed by atoms with Crippen LogP contribution in [0, 0.1) is 0 Å². The van der Waals surface area contributed by atoms with Crippen molar-refractivity contribution in [1.29, 1.82) is 0 Å². The second kappa shape index (κ2) is 12.7. The molecule has 0 fully saturated rings. The Balaban J connectivity index is 1.19. The number of Topliss-reactive ketones (excluding diaryl/α,β-unsaturated/α-hetero) is 1. The van der Waals surface area contributed by atoms with Gasteiger partial charge in [-0.2, -0.15) is 0 Å². The molecule has 216 valence electrons. The summed E-state index contributed by atoms with van der Waals surface area (Å²) in [6.07, 6.45) is 0. The zero-order valence-corrected chi connectivity index (χ0v) is 24.7. The van der Waals surface area contributed by atoms with Gasteiger partial charge in [-0.15, -0.1) is 0 Å². The topological polar surface area (TPSA) is 76.7 Å². The molecular formula is C37H34N2O4. The number of carbonyl (C=O) groups is 2. The maximum Gasteiger partial charge on any atom is 0.255 e. The summed E-state index contributed by atoms with van der Waals surface area (Å²) < 4.78 is 12.1. The molecule has 0 radical (unpaired) electrons. The molecule has 0 aliphatic heterocycles. The maximum absolute atomic E-state index is 12.6. The predicted molar refractivity (Wildman–Crippen MR) is 172 cm³/mol. The Labute approximate surface area is 252 Å². The standard InChI is InChI=1S/C37H34N2O4/c1-25(40)26-6-5-7-27(24-26)36(41)39-31-14-22-35(23-15-31)43-33-18-10-29(11-19-33)37(2,3)28-8-16-32(17-9-28)42-34-20-12-30(38-4)13-21-34/h5-24,38H,1-4H3,(H,39,41). The van der Waals surface area contributed by atoms with Crippen LogP contribution >= 0.6 is 0 Å². The number of nitrogens with one attached hydrogen (secondary N) is 2. The molecule has 6 nitrogen and oxygen atoms in total. The summed E-state index contributed by atoms with van der Waals surface area (Å²) in [5, 5.41) is 5.96. The van der Waals surface area contributed by atoms with Crippen LogP contribution in [0.2, 0.25) is 0 Å². The molecule has 5 aromatic carbocycles. The molecule has 43 heavy (non-hydrogen) atoms. The first kappa shape index (κ1) is 29.1. The van der Waals surface area contributed by atoms with Gasteiger partial charge in [-0.05, 0) is 103 Å². The fraction of sp³-hybridized carbons (Fsp3) is 0.135. The van der Waals surface area contributed by atoms with Crippen LogP contribution in [0.3, 0.4) is 0 Å². The molecule has 0 unspecified atom stereocenters. The van der Waals surface area contributed by atoms with E-state index >= 15 is 0 Å². The van der Waals surface area contributed by atoms with Crippen molar-refractivity contribution >= 4 is 23.1 Å². The Bertz CT molecular complexity index is 1710. The lowest BCUT2D eigenvalue weighted by molar-refractivity contribution is 0.101. The summed E-state index contributed by atoms with van der Waals surface area (Å²) in [5.74, 6) is 2.58. The molecule has 0 saturated carbocycles. The Morgan fingerprint density at radius 3 is 1.44 bits per heavy atom. The van der Waals surface area contributed by atoms with Crippen molar-refractivity contribution in [2.45, 2.75) is 26.2 Å². The van der Waals surface area contributed by atoms with Crippen molar-refractivity contribution in [3.63, 3.8) is 0 Å². The average molecular weight is 571 g/mol. The summed E-state index contributed by atoms with van der Waals surface area (Å²) >= 11 is 0. The quantitative estimate of drug-likeness (QED) is 0.164. The molecule has 0 atom stereocenters. The van der Waals surface area contributed by atoms with Gasteiger partial charge in [0.2, 0.25) is 0 Å². The van der Waals surface area contributed by atoms with Crippen LogP contribution < -0.4 is 20.1 Å². The van der Waals surface area contributed by atoms with Gasteiger partial charge < -0.3 is 20.1 Å². The van der Waals surface area contributed by atoms with E-state index in [2.05, 4.69) is 48.7 Å². The Morgan fingerprint density at radius 2 is 1.00 bits per heavy atom. The van der Waals surface area contributed by atoms with E-state index in [1.165, 1.54) is 12.5 Å². The number of amides is 1. The molecule has 0 aliphatic carbocycles. The molecule has 2 N–H and O–H groups in total. The number of ketones is 1. The third-order valence-electron chi connectivity index (χ3n) is 7.41. The van der Waals surface area contributed by atoms with Crippen LogP contribution in [0.5, 0.6) is 23.0 Å². The average Bonchev–Trinajstić information content (AvgIpc) is 3.03. The highest BCUT2D eigenvalue weighted by atomic mass is 16.5. The van der Waals surface area contributed by atoms with E-state index in [4.69, 9.17) is 9.47 Å². The first-order chi connectivity index (χ1) is 20.7. The first-order valence-corrected chi connectivity index (χ1v) is 14.1. The maximum atomic E-state index is 12.6. The highest BCUT2D eigenvalue weighted by Gasteiger charge is 2.23. The summed E-state index contributed by atoms with van der Waals surface area (Å²) in [6.45, 7) is 5.86. The summed E-state index contributed by atoms with van der Waals surface area (Å²) in [7, 11) is 1.89. The van der Waals surface area contributed by atoms with E-state index in [1.807, 2.05) is 55.6 Å². The third-order valence-corrected chi connectivity index (χ3v) is 7.41. The zero-order valence-electron chi connectivity index (χ0n) is 24.7. The van der Waals surface area contributed by atoms with Gasteiger partial charge in [-0.3, -0.25) is 9.59 Å². The van der Waals surface area contributed by atoms with Crippen LogP contribution in [0.4, 0.5) is 11.4 Å². The van der Waals surface area contributed by atoms with Gasteiger partial charge in [0.25, 0.3) is 5.91 Å². The van der Waals surface area contributed by atoms with E-state index in [-0.39, 0.29) is 17.1 Å². The Kier molecular flexibility index (Phi) is 8.58. The Hall–Kier alpha value is -5.36. The fourth-order valence-corrected chi connectivity index (χ4v) is 4.70. The monoisotopic (exact) mass is 570 g/mol. The molecule has 5 aromatic rings. The first-order valence-electron chi connectivity index (χ1n) is 14.1. The smallest absolute Gasteiger partial charge is 0.255 e. The predicted octanol–water partition coefficient (Wildman–Crippen LogP) is 9.09. The molecule has 0 heterocycles. The molecular weight excluding hydrogens is 536 g/mol. The number of benzene rings is 5. The number of anilines is 2. The minimum Gasteiger partial charge on any atom is -0.457 e. The number of carbonyl (C=O) groups excluding carboxylic acids is 2. The largest absolute Gasteiger partial charge is 0.457 e. The van der Waals surface area contributed by atoms with Gasteiger partial charge in [0.15, 0.2) is 5.78 Å². The van der Waals surface area contributed by atoms with Crippen molar-refractivity contribution in [2.24, 2.45) is 0 Å². The fourth-order valence-electron chi connectivity index (χ4n) is 4.70. The number of rotatable bonds is 10. The van der Waals surface area contributed by atoms with Gasteiger partial charge >= 0.3 is 0 Å². The minimum atomic E-state index is -0.281. The summed E-state index contributed by atoms with van der Waals surface area (Å²) in [4.78, 5) is 24.3. The molecule has 0 bridgehead atoms. The highest BCUT2D eigenvalue weighted by Crippen LogP contribution is 2.35. The van der Waals surface area contributed by atoms with Gasteiger partial charge in [-0.1, -0.05) is 50.2 Å². The van der Waals surface area contributed by atoms with Crippen LogP contribution in [0.1, 0.15) is 52.6 Å². The summed E-state index contributed by atoms with van der Waals surface area (Å²) in [5.41, 5.74) is 4.69. The molecule has 0 saturated heterocycles. The van der Waals surface area contributed by atoms with E-state index in [9.17, 15) is 9.59 Å². The Morgan fingerprint density at radius 1 is 0.581 bits per heavy atom. The molecule has 0 aliphatic rings. The van der Waals surface area contributed by atoms with Crippen LogP contribution in [-0.2, 0) is 5.41 Å².